The molecule has 25 heavy (non-hydrogen) atoms. The normalized spacial score (nSPS) is 19.8. The van der Waals surface area contributed by atoms with E-state index in [2.05, 4.69) is 23.3 Å². The van der Waals surface area contributed by atoms with Gasteiger partial charge in [0.2, 0.25) is 0 Å². The minimum Gasteiger partial charge on any atom is -0.481 e. The smallest absolute Gasteiger partial charge is 0.323 e. The zero-order valence-electron chi connectivity index (χ0n) is 14.1. The van der Waals surface area contributed by atoms with Crippen molar-refractivity contribution in [3.63, 3.8) is 0 Å². The molecular weight excluding hydrogens is 360 g/mol. The molecule has 136 valence electrons. The van der Waals surface area contributed by atoms with E-state index in [1.54, 1.807) is 11.1 Å². The average Bonchev–Trinajstić information content (AvgIpc) is 3.02. The molecule has 2 rings (SSSR count). The van der Waals surface area contributed by atoms with Crippen molar-refractivity contribution in [1.82, 2.24) is 9.88 Å². The van der Waals surface area contributed by atoms with Gasteiger partial charge in [0.1, 0.15) is 0 Å². The summed E-state index contributed by atoms with van der Waals surface area (Å²) in [5.74, 6) is -0.243. The molecule has 1 aliphatic rings. The van der Waals surface area contributed by atoms with Crippen LogP contribution in [0.15, 0.2) is 10.4 Å². The van der Waals surface area contributed by atoms with Crippen molar-refractivity contribution in [2.75, 3.05) is 17.6 Å². The third-order valence-electron chi connectivity index (χ3n) is 4.19. The van der Waals surface area contributed by atoms with Crippen LogP contribution in [0.4, 0.5) is 9.93 Å². The van der Waals surface area contributed by atoms with Crippen LogP contribution in [-0.4, -0.2) is 45.3 Å². The predicted octanol–water partition coefficient (Wildman–Crippen LogP) is 3.65. The van der Waals surface area contributed by atoms with E-state index in [-0.39, 0.29) is 17.8 Å². The molecule has 0 aromatic carbocycles. The number of thiazole rings is 1. The molecular formula is C16H22N4O3S2. The lowest BCUT2D eigenvalue weighted by atomic mass is 9.86. The van der Waals surface area contributed by atoms with Gasteiger partial charge >= 0.3 is 12.0 Å². The number of amides is 2. The molecule has 1 aliphatic carbocycles. The number of carboxylic acids is 1. The lowest BCUT2D eigenvalue weighted by molar-refractivity contribution is -0.133. The number of nitriles is 1. The summed E-state index contributed by atoms with van der Waals surface area (Å²) < 4.78 is 0.743. The molecule has 0 unspecified atom stereocenters. The Bertz CT molecular complexity index is 636. The molecule has 0 saturated heterocycles. The van der Waals surface area contributed by atoms with Crippen LogP contribution < -0.4 is 5.32 Å². The zero-order valence-corrected chi connectivity index (χ0v) is 15.7. The molecule has 0 radical (unpaired) electrons. The fourth-order valence-corrected chi connectivity index (χ4v) is 4.44. The molecule has 1 fully saturated rings. The van der Waals surface area contributed by atoms with Crippen LogP contribution in [0, 0.1) is 17.2 Å². The van der Waals surface area contributed by atoms with E-state index in [1.165, 1.54) is 23.1 Å². The second kappa shape index (κ2) is 9.63. The maximum atomic E-state index is 12.6. The van der Waals surface area contributed by atoms with E-state index in [4.69, 9.17) is 10.4 Å². The minimum atomic E-state index is -0.891. The lowest BCUT2D eigenvalue weighted by Gasteiger charge is -2.35. The molecule has 9 heteroatoms. The van der Waals surface area contributed by atoms with E-state index < -0.39 is 5.97 Å². The average molecular weight is 383 g/mol. The van der Waals surface area contributed by atoms with Crippen molar-refractivity contribution in [2.45, 2.75) is 49.3 Å². The SMILES string of the molecule is C[C@H]1CC[C@H](N(CCC#N)C(=O)Nc2ncc(SCC(=O)O)s2)CC1. The van der Waals surface area contributed by atoms with Gasteiger partial charge < -0.3 is 10.0 Å². The van der Waals surface area contributed by atoms with Gasteiger partial charge in [-0.05, 0) is 31.6 Å². The van der Waals surface area contributed by atoms with E-state index in [9.17, 15) is 9.59 Å². The molecule has 1 aromatic rings. The van der Waals surface area contributed by atoms with Crippen LogP contribution in [-0.2, 0) is 4.79 Å². The monoisotopic (exact) mass is 382 g/mol. The van der Waals surface area contributed by atoms with Gasteiger partial charge in [-0.3, -0.25) is 10.1 Å². The molecule has 2 amide bonds. The third kappa shape index (κ3) is 6.21. The highest BCUT2D eigenvalue weighted by Gasteiger charge is 2.27. The number of hydrogen-bond donors (Lipinski definition) is 2. The quantitative estimate of drug-likeness (QED) is 0.697. The number of carbonyl (C=O) groups is 2. The molecule has 1 aromatic heterocycles. The molecule has 0 bridgehead atoms. The molecule has 1 saturated carbocycles. The Kier molecular flexibility index (Phi) is 7.52. The highest BCUT2D eigenvalue weighted by Crippen LogP contribution is 2.30. The van der Waals surface area contributed by atoms with Gasteiger partial charge in [-0.15, -0.1) is 11.8 Å². The Labute approximate surface area is 155 Å². The maximum absolute atomic E-state index is 12.6. The number of urea groups is 1. The van der Waals surface area contributed by atoms with Gasteiger partial charge in [-0.2, -0.15) is 5.26 Å². The van der Waals surface area contributed by atoms with Gasteiger partial charge in [0.05, 0.1) is 28.6 Å². The topological polar surface area (TPSA) is 106 Å². The van der Waals surface area contributed by atoms with Crippen LogP contribution in [0.3, 0.4) is 0 Å². The summed E-state index contributed by atoms with van der Waals surface area (Å²) in [6.07, 6.45) is 5.96. The van der Waals surface area contributed by atoms with Crippen molar-refractivity contribution in [2.24, 2.45) is 5.92 Å². The number of carbonyl (C=O) groups excluding carboxylic acids is 1. The highest BCUT2D eigenvalue weighted by atomic mass is 32.2. The summed E-state index contributed by atoms with van der Waals surface area (Å²) in [6.45, 7) is 2.63. The first-order chi connectivity index (χ1) is 12.0. The second-order valence-corrected chi connectivity index (χ2v) is 8.42. The molecule has 0 aliphatic heterocycles. The highest BCUT2D eigenvalue weighted by molar-refractivity contribution is 8.01. The number of rotatable bonds is 7. The number of anilines is 1. The Hall–Kier alpha value is -1.79. The first-order valence-electron chi connectivity index (χ1n) is 8.24. The van der Waals surface area contributed by atoms with Gasteiger partial charge in [-0.25, -0.2) is 9.78 Å². The van der Waals surface area contributed by atoms with Crippen molar-refractivity contribution in [1.29, 1.82) is 5.26 Å². The fraction of sp³-hybridized carbons (Fsp3) is 0.625. The van der Waals surface area contributed by atoms with Crippen LogP contribution >= 0.6 is 23.1 Å². The van der Waals surface area contributed by atoms with Crippen LogP contribution in [0.2, 0.25) is 0 Å². The molecule has 0 spiro atoms. The first-order valence-corrected chi connectivity index (χ1v) is 10.0. The number of thioether (sulfide) groups is 1. The van der Waals surface area contributed by atoms with E-state index in [0.29, 0.717) is 24.0 Å². The lowest BCUT2D eigenvalue weighted by Crippen LogP contribution is -2.45. The molecule has 2 N–H and O–H groups in total. The second-order valence-electron chi connectivity index (χ2n) is 6.11. The number of aromatic nitrogens is 1. The van der Waals surface area contributed by atoms with Gasteiger partial charge in [0.15, 0.2) is 5.13 Å². The van der Waals surface area contributed by atoms with Gasteiger partial charge in [0, 0.05) is 12.6 Å². The largest absolute Gasteiger partial charge is 0.481 e. The van der Waals surface area contributed by atoms with Crippen LogP contribution in [0.25, 0.3) is 0 Å². The first kappa shape index (κ1) is 19.5. The fourth-order valence-electron chi connectivity index (χ4n) is 2.85. The Morgan fingerprint density at radius 1 is 1.48 bits per heavy atom. The Morgan fingerprint density at radius 3 is 2.84 bits per heavy atom. The number of nitrogens with zero attached hydrogens (tertiary/aromatic N) is 3. The number of nitrogens with one attached hydrogen (secondary N) is 1. The summed E-state index contributed by atoms with van der Waals surface area (Å²) in [7, 11) is 0. The van der Waals surface area contributed by atoms with Crippen LogP contribution in [0.5, 0.6) is 0 Å². The maximum Gasteiger partial charge on any atom is 0.323 e. The number of carboxylic acid groups (broad SMARTS) is 1. The van der Waals surface area contributed by atoms with Crippen LogP contribution in [0.1, 0.15) is 39.0 Å². The molecule has 7 nitrogen and oxygen atoms in total. The van der Waals surface area contributed by atoms with Crippen molar-refractivity contribution in [3.05, 3.63) is 6.20 Å². The summed E-state index contributed by atoms with van der Waals surface area (Å²) in [5.41, 5.74) is 0. The van der Waals surface area contributed by atoms with Crippen molar-refractivity contribution >= 4 is 40.2 Å². The van der Waals surface area contributed by atoms with Crippen molar-refractivity contribution in [3.8, 4) is 6.07 Å². The van der Waals surface area contributed by atoms with Gasteiger partial charge in [-0.1, -0.05) is 18.3 Å². The summed E-state index contributed by atoms with van der Waals surface area (Å²) >= 11 is 2.43. The van der Waals surface area contributed by atoms with E-state index in [1.807, 2.05) is 0 Å². The number of hydrogen-bond acceptors (Lipinski definition) is 6. The predicted molar refractivity (Wildman–Crippen MR) is 97.8 cm³/mol. The summed E-state index contributed by atoms with van der Waals surface area (Å²) in [4.78, 5) is 29.1. The third-order valence-corrected chi connectivity index (χ3v) is 6.28. The summed E-state index contributed by atoms with van der Waals surface area (Å²) in [6, 6.07) is 2.02. The number of aliphatic carboxylic acids is 1. The molecule has 0 atom stereocenters. The zero-order chi connectivity index (χ0) is 18.2. The Morgan fingerprint density at radius 2 is 2.20 bits per heavy atom. The minimum absolute atomic E-state index is 0.0376. The van der Waals surface area contributed by atoms with Gasteiger partial charge in [0.25, 0.3) is 0 Å². The molecule has 1 heterocycles. The van der Waals surface area contributed by atoms with Crippen molar-refractivity contribution < 1.29 is 14.7 Å². The van der Waals surface area contributed by atoms with E-state index >= 15 is 0 Å². The van der Waals surface area contributed by atoms with E-state index in [0.717, 1.165) is 29.9 Å². The Balaban J connectivity index is 1.96. The standard InChI is InChI=1S/C16H22N4O3S2/c1-11-3-5-12(6-4-11)20(8-2-7-17)16(23)19-15-18-9-14(25-15)24-10-13(21)22/h9,11-12H,2-6,8,10H2,1H3,(H,21,22)(H,18,19,23)/t11-,12-. The summed E-state index contributed by atoms with van der Waals surface area (Å²) in [5, 5.41) is 20.8.